The summed E-state index contributed by atoms with van der Waals surface area (Å²) in [5.41, 5.74) is 1.17. The fraction of sp³-hybridized carbons (Fsp3) is 0.526. The van der Waals surface area contributed by atoms with E-state index in [-0.39, 0.29) is 12.2 Å². The highest BCUT2D eigenvalue weighted by atomic mass is 32.1. The predicted molar refractivity (Wildman–Crippen MR) is 102 cm³/mol. The largest absolute Gasteiger partial charge is 0.490 e. The first-order chi connectivity index (χ1) is 14.2. The van der Waals surface area contributed by atoms with Crippen molar-refractivity contribution in [2.45, 2.75) is 50.7 Å². The highest BCUT2D eigenvalue weighted by molar-refractivity contribution is 7.09. The number of ether oxygens (including phenoxy) is 2. The number of carboxylic acid groups (broad SMARTS) is 1. The van der Waals surface area contributed by atoms with E-state index >= 15 is 0 Å². The molecular weight excluding hydrogens is 423 g/mol. The van der Waals surface area contributed by atoms with E-state index in [1.165, 1.54) is 5.69 Å². The minimum atomic E-state index is -5.08. The second kappa shape index (κ2) is 9.71. The van der Waals surface area contributed by atoms with E-state index in [9.17, 15) is 13.2 Å². The van der Waals surface area contributed by atoms with Crippen LogP contribution in [-0.2, 0) is 16.1 Å². The van der Waals surface area contributed by atoms with Gasteiger partial charge in [0.15, 0.2) is 0 Å². The number of aryl methyl sites for hydroxylation is 1. The summed E-state index contributed by atoms with van der Waals surface area (Å²) in [6.45, 7) is 4.69. The third kappa shape index (κ3) is 5.89. The van der Waals surface area contributed by atoms with Gasteiger partial charge in [0.2, 0.25) is 5.88 Å². The third-order valence-corrected chi connectivity index (χ3v) is 5.66. The van der Waals surface area contributed by atoms with Crippen LogP contribution in [0.15, 0.2) is 29.8 Å². The van der Waals surface area contributed by atoms with Gasteiger partial charge in [-0.15, -0.1) is 11.3 Å². The molecule has 11 heteroatoms. The average Bonchev–Trinajstić information content (AvgIpc) is 3.29. The number of nitrogens with zero attached hydrogens (tertiary/aromatic N) is 3. The molecule has 2 aliphatic rings. The Kier molecular flexibility index (Phi) is 7.27. The van der Waals surface area contributed by atoms with Gasteiger partial charge in [0.1, 0.15) is 12.2 Å². The molecule has 164 valence electrons. The zero-order chi connectivity index (χ0) is 21.7. The van der Waals surface area contributed by atoms with E-state index in [4.69, 9.17) is 19.4 Å². The number of halogens is 3. The summed E-state index contributed by atoms with van der Waals surface area (Å²) in [6.07, 6.45) is -0.982. The molecule has 2 aromatic heterocycles. The van der Waals surface area contributed by atoms with Gasteiger partial charge in [-0.25, -0.2) is 14.8 Å². The Labute approximate surface area is 175 Å². The van der Waals surface area contributed by atoms with Crippen LogP contribution in [0.3, 0.4) is 0 Å². The first kappa shape index (κ1) is 22.4. The highest BCUT2D eigenvalue weighted by Crippen LogP contribution is 2.33. The Bertz CT molecular complexity index is 834. The SMILES string of the molecule is Cc1nc(CN2CCO[C@H]3[C@H](Oc4ccccn4)CC[C@@H]32)cs1.O=C(O)C(F)(F)F. The number of carbonyl (C=O) groups is 1. The Morgan fingerprint density at radius 3 is 2.77 bits per heavy atom. The van der Waals surface area contributed by atoms with Crippen molar-refractivity contribution in [2.24, 2.45) is 0 Å². The van der Waals surface area contributed by atoms with E-state index in [2.05, 4.69) is 27.2 Å². The van der Waals surface area contributed by atoms with E-state index < -0.39 is 12.1 Å². The summed E-state index contributed by atoms with van der Waals surface area (Å²) in [6, 6.07) is 6.18. The fourth-order valence-corrected chi connectivity index (χ4v) is 4.18. The third-order valence-electron chi connectivity index (χ3n) is 4.83. The van der Waals surface area contributed by atoms with Crippen LogP contribution in [0, 0.1) is 6.92 Å². The van der Waals surface area contributed by atoms with E-state index in [1.807, 2.05) is 18.2 Å². The Morgan fingerprint density at radius 2 is 2.17 bits per heavy atom. The zero-order valence-electron chi connectivity index (χ0n) is 16.2. The number of carboxylic acids is 1. The van der Waals surface area contributed by atoms with Gasteiger partial charge in [0.05, 0.1) is 17.3 Å². The molecule has 0 unspecified atom stereocenters. The van der Waals surface area contributed by atoms with Crippen LogP contribution < -0.4 is 4.74 Å². The lowest BCUT2D eigenvalue weighted by molar-refractivity contribution is -0.192. The van der Waals surface area contributed by atoms with Crippen LogP contribution in [0.1, 0.15) is 23.5 Å². The van der Waals surface area contributed by atoms with Crippen LogP contribution in [0.25, 0.3) is 0 Å². The lowest BCUT2D eigenvalue weighted by Gasteiger charge is -2.38. The Morgan fingerprint density at radius 1 is 1.40 bits per heavy atom. The van der Waals surface area contributed by atoms with Crippen molar-refractivity contribution >= 4 is 17.3 Å². The molecule has 1 aliphatic heterocycles. The van der Waals surface area contributed by atoms with Crippen LogP contribution in [0.4, 0.5) is 13.2 Å². The molecule has 0 radical (unpaired) electrons. The molecule has 2 aromatic rings. The van der Waals surface area contributed by atoms with Gasteiger partial charge >= 0.3 is 12.1 Å². The normalized spacial score (nSPS) is 23.9. The molecule has 0 spiro atoms. The summed E-state index contributed by atoms with van der Waals surface area (Å²) < 4.78 is 43.9. The minimum Gasteiger partial charge on any atom is -0.475 e. The van der Waals surface area contributed by atoms with E-state index in [0.717, 1.165) is 37.5 Å². The van der Waals surface area contributed by atoms with Crippen molar-refractivity contribution < 1.29 is 32.5 Å². The first-order valence-corrected chi connectivity index (χ1v) is 10.3. The monoisotopic (exact) mass is 445 g/mol. The molecule has 1 saturated carbocycles. The van der Waals surface area contributed by atoms with Crippen LogP contribution in [0.5, 0.6) is 5.88 Å². The second-order valence-corrected chi connectivity index (χ2v) is 8.00. The maximum absolute atomic E-state index is 10.6. The molecule has 4 rings (SSSR count). The van der Waals surface area contributed by atoms with Crippen molar-refractivity contribution in [1.82, 2.24) is 14.9 Å². The number of thiazole rings is 1. The van der Waals surface area contributed by atoms with E-state index in [1.54, 1.807) is 17.5 Å². The molecule has 0 amide bonds. The lowest BCUT2D eigenvalue weighted by Crippen LogP contribution is -2.51. The highest BCUT2D eigenvalue weighted by Gasteiger charge is 2.44. The molecule has 3 atom stereocenters. The van der Waals surface area contributed by atoms with Gasteiger partial charge in [-0.1, -0.05) is 6.07 Å². The number of aliphatic carboxylic acids is 1. The van der Waals surface area contributed by atoms with Gasteiger partial charge in [0, 0.05) is 36.8 Å². The number of hydrogen-bond acceptors (Lipinski definition) is 7. The molecule has 0 bridgehead atoms. The standard InChI is InChI=1S/C17H21N3O2S.C2HF3O2/c1-12-19-13(11-23-12)10-20-8-9-21-17-14(20)5-6-15(17)22-16-4-2-3-7-18-16;3-2(4,5)1(6)7/h2-4,7,11,14-15,17H,5-6,8-10H2,1H3;(H,6,7)/t14-,15+,17+;/m0./s1. The Balaban J connectivity index is 0.000000318. The number of alkyl halides is 3. The molecule has 2 fully saturated rings. The Hall–Kier alpha value is -2.24. The number of rotatable bonds is 4. The summed E-state index contributed by atoms with van der Waals surface area (Å²) in [5, 5.41) is 10.4. The molecule has 3 heterocycles. The maximum Gasteiger partial charge on any atom is 0.490 e. The van der Waals surface area contributed by atoms with Gasteiger partial charge in [-0.05, 0) is 25.8 Å². The van der Waals surface area contributed by atoms with Gasteiger partial charge in [-0.3, -0.25) is 4.90 Å². The fourth-order valence-electron chi connectivity index (χ4n) is 3.58. The second-order valence-electron chi connectivity index (χ2n) is 6.94. The van der Waals surface area contributed by atoms with Crippen molar-refractivity contribution in [1.29, 1.82) is 0 Å². The zero-order valence-corrected chi connectivity index (χ0v) is 17.0. The smallest absolute Gasteiger partial charge is 0.475 e. The summed E-state index contributed by atoms with van der Waals surface area (Å²) >= 11 is 1.72. The molecule has 7 nitrogen and oxygen atoms in total. The van der Waals surface area contributed by atoms with Crippen molar-refractivity contribution in [2.75, 3.05) is 13.2 Å². The molecule has 1 N–H and O–H groups in total. The number of hydrogen-bond donors (Lipinski definition) is 1. The van der Waals surface area contributed by atoms with Gasteiger partial charge in [0.25, 0.3) is 0 Å². The summed E-state index contributed by atoms with van der Waals surface area (Å²) in [5.74, 6) is -2.07. The van der Waals surface area contributed by atoms with Gasteiger partial charge in [-0.2, -0.15) is 13.2 Å². The minimum absolute atomic E-state index is 0.0925. The average molecular weight is 445 g/mol. The molecular formula is C19H22F3N3O4S. The van der Waals surface area contributed by atoms with Crippen LogP contribution in [-0.4, -0.2) is 63.5 Å². The maximum atomic E-state index is 10.6. The lowest BCUT2D eigenvalue weighted by atomic mass is 10.1. The van der Waals surface area contributed by atoms with Crippen LogP contribution in [0.2, 0.25) is 0 Å². The molecule has 1 aliphatic carbocycles. The number of fused-ring (bicyclic) bond motifs is 1. The van der Waals surface area contributed by atoms with Crippen molar-refractivity contribution in [3.8, 4) is 5.88 Å². The number of pyridine rings is 1. The molecule has 1 saturated heterocycles. The van der Waals surface area contributed by atoms with Crippen molar-refractivity contribution in [3.05, 3.63) is 40.5 Å². The van der Waals surface area contributed by atoms with E-state index in [0.29, 0.717) is 11.9 Å². The molecule has 0 aromatic carbocycles. The predicted octanol–water partition coefficient (Wildman–Crippen LogP) is 3.29. The summed E-state index contributed by atoms with van der Waals surface area (Å²) in [7, 11) is 0. The summed E-state index contributed by atoms with van der Waals surface area (Å²) in [4.78, 5) is 20.3. The topological polar surface area (TPSA) is 84.8 Å². The number of morpholine rings is 1. The van der Waals surface area contributed by atoms with Crippen LogP contribution >= 0.6 is 11.3 Å². The number of aromatic nitrogens is 2. The van der Waals surface area contributed by atoms with Gasteiger partial charge < -0.3 is 14.6 Å². The quantitative estimate of drug-likeness (QED) is 0.773. The van der Waals surface area contributed by atoms with Crippen molar-refractivity contribution in [3.63, 3.8) is 0 Å². The molecule has 30 heavy (non-hydrogen) atoms. The first-order valence-electron chi connectivity index (χ1n) is 9.38.